The Morgan fingerprint density at radius 1 is 1.17 bits per heavy atom. The highest BCUT2D eigenvalue weighted by Crippen LogP contribution is 2.25. The maximum atomic E-state index is 13.5. The topological polar surface area (TPSA) is 126 Å². The van der Waals surface area contributed by atoms with Gasteiger partial charge in [-0.25, -0.2) is 9.78 Å². The first kappa shape index (κ1) is 26.6. The molecule has 3 atom stereocenters. The Bertz CT molecular complexity index is 1060. The van der Waals surface area contributed by atoms with Crippen LogP contribution in [0.1, 0.15) is 63.7 Å². The van der Waals surface area contributed by atoms with Gasteiger partial charge in [-0.1, -0.05) is 26.0 Å². The van der Waals surface area contributed by atoms with Crippen molar-refractivity contribution in [2.75, 3.05) is 6.54 Å². The lowest BCUT2D eigenvalue weighted by Gasteiger charge is -2.26. The lowest BCUT2D eigenvalue weighted by Crippen LogP contribution is -2.53. The number of Topliss-reactive ketones (excluding diaryl/α,β-unsaturated/α-hetero) is 1. The number of para-hydroxylation sites is 1. The van der Waals surface area contributed by atoms with Crippen molar-refractivity contribution < 1.29 is 23.9 Å². The van der Waals surface area contributed by atoms with Crippen LogP contribution in [0, 0.1) is 11.8 Å². The largest absolute Gasteiger partial charge is 0.444 e. The Balaban J connectivity index is 1.82. The van der Waals surface area contributed by atoms with E-state index in [1.165, 1.54) is 11.3 Å². The summed E-state index contributed by atoms with van der Waals surface area (Å²) in [5.41, 5.74) is -0.0155. The molecule has 2 heterocycles. The second kappa shape index (κ2) is 11.2. The van der Waals surface area contributed by atoms with E-state index in [0.717, 1.165) is 4.70 Å². The monoisotopic (exact) mass is 502 g/mol. The maximum absolute atomic E-state index is 13.5. The molecule has 3 rings (SSSR count). The Hall–Kier alpha value is -3.01. The van der Waals surface area contributed by atoms with Gasteiger partial charge in [0.1, 0.15) is 11.6 Å². The Morgan fingerprint density at radius 3 is 2.49 bits per heavy atom. The third-order valence-corrected chi connectivity index (χ3v) is 6.59. The number of carbonyl (C=O) groups is 4. The number of amides is 3. The van der Waals surface area contributed by atoms with E-state index in [1.54, 1.807) is 20.8 Å². The van der Waals surface area contributed by atoms with Gasteiger partial charge in [-0.05, 0) is 58.1 Å². The second-order valence-corrected chi connectivity index (χ2v) is 11.3. The fourth-order valence-electron chi connectivity index (χ4n) is 3.94. The summed E-state index contributed by atoms with van der Waals surface area (Å²) in [6.45, 7) is 9.62. The molecular formula is C25H34N4O5S. The first-order chi connectivity index (χ1) is 16.4. The molecule has 0 radical (unpaired) electrons. The molecule has 1 aromatic heterocycles. The summed E-state index contributed by atoms with van der Waals surface area (Å²) in [6, 6.07) is 5.57. The standard InChI is InChI=1S/C25H34N4O5S/c1-14(2)12-18(29-24(33)34-25(3,4)5)22(32)27-17(13-15-10-11-26-21(15)31)20(30)23-28-16-8-6-7-9-19(16)35-23/h6-9,14-15,17-18H,10-13H2,1-5H3,(H,26,31)(H,27,32)(H,29,33)/t15-,17-,18-/m0/s1. The second-order valence-electron chi connectivity index (χ2n) is 10.3. The zero-order valence-corrected chi connectivity index (χ0v) is 21.7. The summed E-state index contributed by atoms with van der Waals surface area (Å²) in [7, 11) is 0. The van der Waals surface area contributed by atoms with Crippen LogP contribution in [0.2, 0.25) is 0 Å². The highest BCUT2D eigenvalue weighted by atomic mass is 32.1. The van der Waals surface area contributed by atoms with Crippen LogP contribution in [0.4, 0.5) is 4.79 Å². The van der Waals surface area contributed by atoms with Crippen LogP contribution in [0.15, 0.2) is 24.3 Å². The summed E-state index contributed by atoms with van der Waals surface area (Å²) in [4.78, 5) is 55.8. The van der Waals surface area contributed by atoms with E-state index in [1.807, 2.05) is 38.1 Å². The first-order valence-electron chi connectivity index (χ1n) is 11.9. The Kier molecular flexibility index (Phi) is 8.47. The fraction of sp³-hybridized carbons (Fsp3) is 0.560. The average Bonchev–Trinajstić information content (AvgIpc) is 3.36. The molecule has 1 aliphatic rings. The molecule has 1 saturated heterocycles. The van der Waals surface area contributed by atoms with Crippen molar-refractivity contribution in [1.29, 1.82) is 0 Å². The summed E-state index contributed by atoms with van der Waals surface area (Å²) < 4.78 is 6.18. The van der Waals surface area contributed by atoms with Crippen molar-refractivity contribution in [3.8, 4) is 0 Å². The number of nitrogens with zero attached hydrogens (tertiary/aromatic N) is 1. The number of benzene rings is 1. The lowest BCUT2D eigenvalue weighted by atomic mass is 9.95. The number of ketones is 1. The SMILES string of the molecule is CC(C)C[C@H](NC(=O)OC(C)(C)C)C(=O)N[C@@H](C[C@@H]1CCNC1=O)C(=O)c1nc2ccccc2s1. The van der Waals surface area contributed by atoms with Gasteiger partial charge in [-0.2, -0.15) is 0 Å². The summed E-state index contributed by atoms with van der Waals surface area (Å²) >= 11 is 1.25. The fourth-order valence-corrected chi connectivity index (χ4v) is 4.90. The quantitative estimate of drug-likeness (QED) is 0.451. The predicted molar refractivity (Wildman–Crippen MR) is 134 cm³/mol. The van der Waals surface area contributed by atoms with E-state index < -0.39 is 29.7 Å². The first-order valence-corrected chi connectivity index (χ1v) is 12.7. The smallest absolute Gasteiger partial charge is 0.408 e. The molecule has 3 amide bonds. The molecule has 0 spiro atoms. The minimum atomic E-state index is -0.952. The molecule has 10 heteroatoms. The highest BCUT2D eigenvalue weighted by molar-refractivity contribution is 7.20. The molecule has 0 unspecified atom stereocenters. The number of thiazole rings is 1. The van der Waals surface area contributed by atoms with E-state index >= 15 is 0 Å². The Labute approximate surface area is 209 Å². The van der Waals surface area contributed by atoms with Crippen LogP contribution >= 0.6 is 11.3 Å². The van der Waals surface area contributed by atoms with Gasteiger partial charge in [-0.3, -0.25) is 14.4 Å². The molecule has 2 aromatic rings. The van der Waals surface area contributed by atoms with Crippen LogP contribution in [0.5, 0.6) is 0 Å². The molecule has 0 saturated carbocycles. The summed E-state index contributed by atoms with van der Waals surface area (Å²) in [6.07, 6.45) is 0.399. The molecule has 9 nitrogen and oxygen atoms in total. The van der Waals surface area contributed by atoms with Crippen molar-refractivity contribution >= 4 is 45.2 Å². The number of rotatable bonds is 9. The van der Waals surface area contributed by atoms with E-state index in [-0.39, 0.29) is 35.0 Å². The number of aromatic nitrogens is 1. The number of hydrogen-bond acceptors (Lipinski definition) is 7. The average molecular weight is 503 g/mol. The number of carbonyl (C=O) groups excluding carboxylic acids is 4. The number of nitrogens with one attached hydrogen (secondary N) is 3. The molecule has 35 heavy (non-hydrogen) atoms. The van der Waals surface area contributed by atoms with Gasteiger partial charge in [0.25, 0.3) is 0 Å². The summed E-state index contributed by atoms with van der Waals surface area (Å²) in [5, 5.41) is 8.49. The minimum Gasteiger partial charge on any atom is -0.444 e. The van der Waals surface area contributed by atoms with Gasteiger partial charge in [0.15, 0.2) is 5.01 Å². The van der Waals surface area contributed by atoms with E-state index in [0.29, 0.717) is 24.9 Å². The number of ether oxygens (including phenoxy) is 1. The zero-order valence-electron chi connectivity index (χ0n) is 20.8. The van der Waals surface area contributed by atoms with Gasteiger partial charge in [0.2, 0.25) is 17.6 Å². The van der Waals surface area contributed by atoms with Gasteiger partial charge in [-0.15, -0.1) is 11.3 Å². The molecule has 1 fully saturated rings. The third kappa shape index (κ3) is 7.48. The van der Waals surface area contributed by atoms with Gasteiger partial charge >= 0.3 is 6.09 Å². The number of fused-ring (bicyclic) bond motifs is 1. The molecular weight excluding hydrogens is 468 g/mol. The minimum absolute atomic E-state index is 0.0970. The van der Waals surface area contributed by atoms with Crippen molar-refractivity contribution in [2.24, 2.45) is 11.8 Å². The third-order valence-electron chi connectivity index (χ3n) is 5.54. The maximum Gasteiger partial charge on any atom is 0.408 e. The van der Waals surface area contributed by atoms with Crippen molar-refractivity contribution in [3.05, 3.63) is 29.3 Å². The summed E-state index contributed by atoms with van der Waals surface area (Å²) in [5.74, 6) is -1.27. The molecule has 190 valence electrons. The van der Waals surface area contributed by atoms with Crippen LogP contribution in [0.25, 0.3) is 10.2 Å². The van der Waals surface area contributed by atoms with Gasteiger partial charge in [0.05, 0.1) is 16.3 Å². The van der Waals surface area contributed by atoms with Gasteiger partial charge < -0.3 is 20.7 Å². The number of hydrogen-bond donors (Lipinski definition) is 3. The zero-order chi connectivity index (χ0) is 25.8. The molecule has 0 aliphatic carbocycles. The van der Waals surface area contributed by atoms with E-state index in [9.17, 15) is 19.2 Å². The van der Waals surface area contributed by atoms with Crippen molar-refractivity contribution in [1.82, 2.24) is 20.9 Å². The van der Waals surface area contributed by atoms with Crippen LogP contribution in [-0.4, -0.2) is 52.9 Å². The Morgan fingerprint density at radius 2 is 1.89 bits per heavy atom. The highest BCUT2D eigenvalue weighted by Gasteiger charge is 2.35. The number of alkyl carbamates (subject to hydrolysis) is 1. The molecule has 1 aliphatic heterocycles. The van der Waals surface area contributed by atoms with E-state index in [2.05, 4.69) is 20.9 Å². The van der Waals surface area contributed by atoms with Gasteiger partial charge in [0, 0.05) is 12.5 Å². The van der Waals surface area contributed by atoms with Crippen LogP contribution in [-0.2, 0) is 14.3 Å². The van der Waals surface area contributed by atoms with Crippen molar-refractivity contribution in [2.45, 2.75) is 71.6 Å². The van der Waals surface area contributed by atoms with Crippen molar-refractivity contribution in [3.63, 3.8) is 0 Å². The van der Waals surface area contributed by atoms with Crippen LogP contribution < -0.4 is 16.0 Å². The molecule has 3 N–H and O–H groups in total. The molecule has 1 aromatic carbocycles. The predicted octanol–water partition coefficient (Wildman–Crippen LogP) is 3.43. The normalized spacial score (nSPS) is 17.7. The van der Waals surface area contributed by atoms with E-state index in [4.69, 9.17) is 4.74 Å². The molecule has 0 bridgehead atoms. The lowest BCUT2D eigenvalue weighted by molar-refractivity contribution is -0.125. The van der Waals surface area contributed by atoms with Crippen LogP contribution in [0.3, 0.4) is 0 Å².